The van der Waals surface area contributed by atoms with Crippen LogP contribution in [0.4, 0.5) is 0 Å². The lowest BCUT2D eigenvalue weighted by Gasteiger charge is -2.16. The summed E-state index contributed by atoms with van der Waals surface area (Å²) in [6, 6.07) is 7.50. The molecule has 0 aliphatic rings. The fraction of sp³-hybridized carbons (Fsp3) is 0.333. The topological polar surface area (TPSA) is 46.6 Å². The number of Topliss-reactive ketones (excluding diaryl/α,β-unsaturated/α-hetero) is 1. The summed E-state index contributed by atoms with van der Waals surface area (Å²) >= 11 is 0. The first-order chi connectivity index (χ1) is 9.02. The minimum Gasteiger partial charge on any atom is -0.490 e. The minimum absolute atomic E-state index is 0.0446. The second-order valence-electron chi connectivity index (χ2n) is 4.37. The third kappa shape index (κ3) is 5.38. The van der Waals surface area contributed by atoms with Gasteiger partial charge in [-0.2, -0.15) is 0 Å². The zero-order valence-electron chi connectivity index (χ0n) is 11.4. The smallest absolute Gasteiger partial charge is 0.230 e. The molecule has 0 radical (unpaired) electrons. The van der Waals surface area contributed by atoms with Gasteiger partial charge < -0.3 is 9.64 Å². The largest absolute Gasteiger partial charge is 0.490 e. The molecule has 0 fully saturated rings. The molecule has 0 heterocycles. The molecule has 0 spiro atoms. The fourth-order valence-electron chi connectivity index (χ4n) is 1.56. The summed E-state index contributed by atoms with van der Waals surface area (Å²) < 4.78 is 5.37. The average Bonchev–Trinajstić information content (AvgIpc) is 2.37. The minimum atomic E-state index is -0.167. The molecule has 1 rings (SSSR count). The van der Waals surface area contributed by atoms with E-state index in [1.54, 1.807) is 18.0 Å². The number of benzene rings is 1. The molecule has 1 amide bonds. The van der Waals surface area contributed by atoms with E-state index in [0.29, 0.717) is 13.2 Å². The Balaban J connectivity index is 2.54. The molecule has 1 aromatic carbocycles. The van der Waals surface area contributed by atoms with Gasteiger partial charge in [-0.05, 0) is 24.6 Å². The van der Waals surface area contributed by atoms with E-state index in [2.05, 4.69) is 6.58 Å². The molecule has 4 heteroatoms. The summed E-state index contributed by atoms with van der Waals surface area (Å²) in [5.74, 6) is 0.478. The van der Waals surface area contributed by atoms with Gasteiger partial charge in [-0.1, -0.05) is 24.8 Å². The van der Waals surface area contributed by atoms with Crippen LogP contribution in [-0.4, -0.2) is 30.2 Å². The lowest BCUT2D eigenvalue weighted by molar-refractivity contribution is -0.134. The van der Waals surface area contributed by atoms with E-state index < -0.39 is 0 Å². The van der Waals surface area contributed by atoms with Gasteiger partial charge in [-0.3, -0.25) is 9.59 Å². The van der Waals surface area contributed by atoms with Crippen molar-refractivity contribution in [2.24, 2.45) is 0 Å². The molecule has 0 bridgehead atoms. The van der Waals surface area contributed by atoms with Crippen molar-refractivity contribution < 1.29 is 14.3 Å². The Morgan fingerprint density at radius 1 is 1.32 bits per heavy atom. The number of hydrogen-bond donors (Lipinski definition) is 0. The van der Waals surface area contributed by atoms with Crippen molar-refractivity contribution in [1.29, 1.82) is 0 Å². The molecular weight excluding hydrogens is 242 g/mol. The monoisotopic (exact) mass is 261 g/mol. The van der Waals surface area contributed by atoms with Crippen molar-refractivity contribution in [3.05, 3.63) is 42.5 Å². The van der Waals surface area contributed by atoms with E-state index in [1.807, 2.05) is 24.3 Å². The van der Waals surface area contributed by atoms with Gasteiger partial charge in [-0.15, -0.1) is 0 Å². The Hall–Kier alpha value is -2.10. The highest BCUT2D eigenvalue weighted by Crippen LogP contribution is 2.13. The van der Waals surface area contributed by atoms with Crippen LogP contribution in [0, 0.1) is 0 Å². The Kier molecular flexibility index (Phi) is 5.79. The number of carbonyl (C=O) groups is 2. The van der Waals surface area contributed by atoms with Crippen LogP contribution in [0.25, 0.3) is 0 Å². The van der Waals surface area contributed by atoms with Gasteiger partial charge in [-0.25, -0.2) is 0 Å². The van der Waals surface area contributed by atoms with Crippen molar-refractivity contribution in [2.45, 2.75) is 19.9 Å². The first-order valence-corrected chi connectivity index (χ1v) is 6.09. The van der Waals surface area contributed by atoms with Gasteiger partial charge in [0.1, 0.15) is 18.1 Å². The van der Waals surface area contributed by atoms with E-state index in [4.69, 9.17) is 4.74 Å². The molecule has 1 aromatic rings. The summed E-state index contributed by atoms with van der Waals surface area (Å²) in [5.41, 5.74) is 0.991. The van der Waals surface area contributed by atoms with Gasteiger partial charge in [0.2, 0.25) is 5.91 Å². The Morgan fingerprint density at radius 2 is 1.95 bits per heavy atom. The van der Waals surface area contributed by atoms with Crippen LogP contribution >= 0.6 is 0 Å². The number of amides is 1. The van der Waals surface area contributed by atoms with Gasteiger partial charge >= 0.3 is 0 Å². The Morgan fingerprint density at radius 3 is 2.47 bits per heavy atom. The maximum Gasteiger partial charge on any atom is 0.230 e. The third-order valence-corrected chi connectivity index (χ3v) is 2.54. The van der Waals surface area contributed by atoms with E-state index in [1.165, 1.54) is 6.92 Å². The standard InChI is InChI=1S/C15H19NO3/c1-4-9-19-14-7-5-13(6-8-14)11-16(3)15(18)10-12(2)17/h4-8H,1,9-11H2,2-3H3. The molecule has 0 aliphatic carbocycles. The zero-order chi connectivity index (χ0) is 14.3. The van der Waals surface area contributed by atoms with E-state index in [9.17, 15) is 9.59 Å². The number of hydrogen-bond acceptors (Lipinski definition) is 3. The molecule has 19 heavy (non-hydrogen) atoms. The third-order valence-electron chi connectivity index (χ3n) is 2.54. The number of ketones is 1. The molecular formula is C15H19NO3. The summed E-state index contributed by atoms with van der Waals surface area (Å²) in [7, 11) is 1.69. The summed E-state index contributed by atoms with van der Waals surface area (Å²) in [6.07, 6.45) is 1.64. The molecule has 102 valence electrons. The van der Waals surface area contributed by atoms with Crippen LogP contribution in [0.15, 0.2) is 36.9 Å². The molecule has 0 atom stereocenters. The highest BCUT2D eigenvalue weighted by molar-refractivity contribution is 5.96. The van der Waals surface area contributed by atoms with Gasteiger partial charge in [0.25, 0.3) is 0 Å². The van der Waals surface area contributed by atoms with Gasteiger partial charge in [0, 0.05) is 13.6 Å². The summed E-state index contributed by atoms with van der Waals surface area (Å²) in [4.78, 5) is 24.1. The molecule has 0 saturated carbocycles. The highest BCUT2D eigenvalue weighted by Gasteiger charge is 2.11. The molecule has 0 aromatic heterocycles. The zero-order valence-corrected chi connectivity index (χ0v) is 11.4. The molecule has 0 N–H and O–H groups in total. The Labute approximate surface area is 113 Å². The van der Waals surface area contributed by atoms with Crippen molar-refractivity contribution in [3.63, 3.8) is 0 Å². The molecule has 0 unspecified atom stereocenters. The molecule has 0 saturated heterocycles. The second-order valence-corrected chi connectivity index (χ2v) is 4.37. The van der Waals surface area contributed by atoms with E-state index >= 15 is 0 Å². The van der Waals surface area contributed by atoms with Crippen molar-refractivity contribution in [3.8, 4) is 5.75 Å². The first kappa shape index (κ1) is 15.0. The predicted octanol–water partition coefficient (Wildman–Crippen LogP) is 2.19. The molecule has 0 aliphatic heterocycles. The number of nitrogens with zero attached hydrogens (tertiary/aromatic N) is 1. The number of rotatable bonds is 7. The van der Waals surface area contributed by atoms with Crippen LogP contribution in [0.5, 0.6) is 5.75 Å². The van der Waals surface area contributed by atoms with Crippen LogP contribution < -0.4 is 4.74 Å². The second kappa shape index (κ2) is 7.36. The first-order valence-electron chi connectivity index (χ1n) is 6.09. The van der Waals surface area contributed by atoms with Crippen molar-refractivity contribution >= 4 is 11.7 Å². The van der Waals surface area contributed by atoms with Gasteiger partial charge in [0.15, 0.2) is 0 Å². The van der Waals surface area contributed by atoms with Gasteiger partial charge in [0.05, 0.1) is 6.42 Å². The summed E-state index contributed by atoms with van der Waals surface area (Å²) in [6.45, 7) is 5.94. The predicted molar refractivity (Wildman–Crippen MR) is 73.9 cm³/mol. The lowest BCUT2D eigenvalue weighted by atomic mass is 10.2. The van der Waals surface area contributed by atoms with Crippen LogP contribution in [-0.2, 0) is 16.1 Å². The Bertz CT molecular complexity index is 451. The highest BCUT2D eigenvalue weighted by atomic mass is 16.5. The van der Waals surface area contributed by atoms with E-state index in [-0.39, 0.29) is 18.1 Å². The van der Waals surface area contributed by atoms with Crippen LogP contribution in [0.3, 0.4) is 0 Å². The van der Waals surface area contributed by atoms with Crippen molar-refractivity contribution in [1.82, 2.24) is 4.90 Å². The number of ether oxygens (including phenoxy) is 1. The fourth-order valence-corrected chi connectivity index (χ4v) is 1.56. The quantitative estimate of drug-likeness (QED) is 0.558. The van der Waals surface area contributed by atoms with Crippen LogP contribution in [0.1, 0.15) is 18.9 Å². The number of carbonyl (C=O) groups excluding carboxylic acids is 2. The maximum atomic E-state index is 11.6. The normalized spacial score (nSPS) is 9.79. The SMILES string of the molecule is C=CCOc1ccc(CN(C)C(=O)CC(C)=O)cc1. The van der Waals surface area contributed by atoms with Crippen molar-refractivity contribution in [2.75, 3.05) is 13.7 Å². The molecule has 4 nitrogen and oxygen atoms in total. The van der Waals surface area contributed by atoms with E-state index in [0.717, 1.165) is 11.3 Å². The average molecular weight is 261 g/mol. The lowest BCUT2D eigenvalue weighted by Crippen LogP contribution is -2.27. The van der Waals surface area contributed by atoms with Crippen LogP contribution in [0.2, 0.25) is 0 Å². The summed E-state index contributed by atoms with van der Waals surface area (Å²) in [5, 5.41) is 0. The maximum absolute atomic E-state index is 11.6.